The van der Waals surface area contributed by atoms with E-state index in [4.69, 9.17) is 14.5 Å². The summed E-state index contributed by atoms with van der Waals surface area (Å²) in [6.45, 7) is 14.4. The molecule has 18 heteroatoms. The van der Waals surface area contributed by atoms with Gasteiger partial charge in [-0.2, -0.15) is 0 Å². The van der Waals surface area contributed by atoms with E-state index in [-0.39, 0.29) is 32.0 Å². The molecule has 2 aliphatic rings. The number of aliphatic imine (C=N–C) groups is 1. The quantitative estimate of drug-likeness (QED) is 0.0813. The number of nitrogens with one attached hydrogen (secondary N) is 2. The van der Waals surface area contributed by atoms with Gasteiger partial charge in [-0.05, 0) is 80.0 Å². The van der Waals surface area contributed by atoms with Crippen LogP contribution >= 0.6 is 22.7 Å². The zero-order valence-corrected chi connectivity index (χ0v) is 42.3. The van der Waals surface area contributed by atoms with Crippen LogP contribution in [-0.2, 0) is 30.5 Å². The molecular formula is C52H58N8O8S2. The number of aliphatic hydroxyl groups excluding tert-OH is 2. The normalized spacial score (nSPS) is 17.4. The standard InChI is InChI=1S/C52H58N8O8S2/c1-27-30(4)70-51-44(27)45(55-39(22-43(64)67-9)48-58-57-31(5)60(48)51)34-14-12-33(13-15-34)36-18-19-41(37(20-36)24-61)68-25-42(63)56-47(52(6,7)8)50(66)59-23-38(62)21-40(59)49(65)54-28(2)32-10-16-35(17-11-32)46-29(3)53-26-69-46/h10-20,26,28,38-40,47,61-62H,21-25H2,1-9H3,(H,54,65)(H,56,63)/t28-,38+,39-,40-,47?/m0/s1. The van der Waals surface area contributed by atoms with Crippen LogP contribution in [-0.4, -0.2) is 103 Å². The molecule has 1 fully saturated rings. The number of hydrogen-bond donors (Lipinski definition) is 4. The van der Waals surface area contributed by atoms with Crippen molar-refractivity contribution >= 4 is 52.1 Å². The maximum absolute atomic E-state index is 14.3. The summed E-state index contributed by atoms with van der Waals surface area (Å²) in [5.74, 6) is -0.323. The molecule has 70 heavy (non-hydrogen) atoms. The number of aryl methyl sites for hydroxylation is 3. The third-order valence-corrected chi connectivity index (χ3v) is 15.1. The van der Waals surface area contributed by atoms with Crippen molar-refractivity contribution in [3.05, 3.63) is 122 Å². The van der Waals surface area contributed by atoms with Crippen LogP contribution in [0.15, 0.2) is 77.2 Å². The molecule has 0 bridgehead atoms. The van der Waals surface area contributed by atoms with Crippen LogP contribution in [0.3, 0.4) is 0 Å². The Kier molecular flexibility index (Phi) is 14.5. The molecule has 3 amide bonds. The number of amides is 3. The lowest BCUT2D eigenvalue weighted by molar-refractivity contribution is -0.144. The Morgan fingerprint density at radius 2 is 1.60 bits per heavy atom. The first kappa shape index (κ1) is 49.8. The molecule has 3 aromatic heterocycles. The van der Waals surface area contributed by atoms with Gasteiger partial charge in [0, 0.05) is 34.5 Å². The molecule has 4 N–H and O–H groups in total. The van der Waals surface area contributed by atoms with Crippen LogP contribution in [0.5, 0.6) is 5.75 Å². The first-order valence-electron chi connectivity index (χ1n) is 23.1. The predicted octanol–water partition coefficient (Wildman–Crippen LogP) is 7.05. The molecular weight excluding hydrogens is 929 g/mol. The number of benzene rings is 3. The van der Waals surface area contributed by atoms with Gasteiger partial charge in [0.1, 0.15) is 34.7 Å². The fourth-order valence-electron chi connectivity index (χ4n) is 8.97. The highest BCUT2D eigenvalue weighted by Gasteiger charge is 2.45. The van der Waals surface area contributed by atoms with E-state index in [1.165, 1.54) is 12.0 Å². The molecule has 6 aromatic rings. The van der Waals surface area contributed by atoms with Gasteiger partial charge in [0.15, 0.2) is 12.4 Å². The summed E-state index contributed by atoms with van der Waals surface area (Å²) in [6.07, 6.45) is -0.871. The number of nitrogens with zero attached hydrogens (tertiary/aromatic N) is 6. The summed E-state index contributed by atoms with van der Waals surface area (Å²) in [5.41, 5.74) is 9.58. The van der Waals surface area contributed by atoms with Gasteiger partial charge in [-0.1, -0.05) is 75.4 Å². The van der Waals surface area contributed by atoms with E-state index in [0.717, 1.165) is 65.1 Å². The van der Waals surface area contributed by atoms with Crippen molar-refractivity contribution in [1.29, 1.82) is 0 Å². The van der Waals surface area contributed by atoms with Crippen LogP contribution in [0, 0.1) is 33.1 Å². The summed E-state index contributed by atoms with van der Waals surface area (Å²) in [5, 5.41) is 36.8. The fourth-order valence-corrected chi connectivity index (χ4v) is 11.0. The molecule has 5 atom stereocenters. The Morgan fingerprint density at radius 1 is 0.914 bits per heavy atom. The van der Waals surface area contributed by atoms with Gasteiger partial charge < -0.3 is 35.2 Å². The molecule has 1 saturated heterocycles. The van der Waals surface area contributed by atoms with Crippen LogP contribution in [0.1, 0.15) is 103 Å². The molecule has 2 aliphatic heterocycles. The van der Waals surface area contributed by atoms with E-state index >= 15 is 0 Å². The second-order valence-corrected chi connectivity index (χ2v) is 21.0. The maximum Gasteiger partial charge on any atom is 0.308 e. The molecule has 8 rings (SSSR count). The fraction of sp³-hybridized carbons (Fsp3) is 0.385. The number of hydrogen-bond acceptors (Lipinski definition) is 14. The second-order valence-electron chi connectivity index (χ2n) is 18.9. The third kappa shape index (κ3) is 10.2. The second kappa shape index (κ2) is 20.4. The number of fused-ring (bicyclic) bond motifs is 3. The van der Waals surface area contributed by atoms with Crippen molar-refractivity contribution in [1.82, 2.24) is 35.3 Å². The van der Waals surface area contributed by atoms with Crippen molar-refractivity contribution in [2.45, 2.75) is 105 Å². The van der Waals surface area contributed by atoms with Crippen LogP contribution in [0.4, 0.5) is 0 Å². The zero-order chi connectivity index (χ0) is 50.2. The lowest BCUT2D eigenvalue weighted by Gasteiger charge is -2.35. The van der Waals surface area contributed by atoms with Crippen LogP contribution in [0.25, 0.3) is 26.6 Å². The van der Waals surface area contributed by atoms with E-state index in [2.05, 4.69) is 39.7 Å². The number of aliphatic hydroxyl groups is 2. The number of ether oxygens (including phenoxy) is 2. The zero-order valence-electron chi connectivity index (χ0n) is 40.7. The average Bonchev–Trinajstić information content (AvgIpc) is 4.11. The van der Waals surface area contributed by atoms with Crippen molar-refractivity contribution in [2.75, 3.05) is 20.3 Å². The molecule has 5 heterocycles. The summed E-state index contributed by atoms with van der Waals surface area (Å²) >= 11 is 3.19. The van der Waals surface area contributed by atoms with Gasteiger partial charge in [-0.3, -0.25) is 28.7 Å². The number of carbonyl (C=O) groups is 4. The van der Waals surface area contributed by atoms with E-state index in [9.17, 15) is 29.4 Å². The largest absolute Gasteiger partial charge is 0.483 e. The molecule has 0 spiro atoms. The minimum atomic E-state index is -1.06. The van der Waals surface area contributed by atoms with Crippen LogP contribution < -0.4 is 15.4 Å². The molecule has 3 aromatic carbocycles. The number of likely N-dealkylation sites (tertiary alicyclic amines) is 1. The summed E-state index contributed by atoms with van der Waals surface area (Å²) in [7, 11) is 1.35. The van der Waals surface area contributed by atoms with E-state index in [1.807, 2.05) is 106 Å². The number of esters is 1. The Labute approximate surface area is 414 Å². The first-order chi connectivity index (χ1) is 33.4. The number of rotatable bonds is 14. The smallest absolute Gasteiger partial charge is 0.308 e. The molecule has 0 radical (unpaired) electrons. The Balaban J connectivity index is 0.934. The van der Waals surface area contributed by atoms with Gasteiger partial charge in [0.2, 0.25) is 11.8 Å². The number of aromatic nitrogens is 4. The third-order valence-electron chi connectivity index (χ3n) is 13.0. The molecule has 1 unspecified atom stereocenters. The van der Waals surface area contributed by atoms with Crippen molar-refractivity contribution in [3.63, 3.8) is 0 Å². The van der Waals surface area contributed by atoms with Gasteiger partial charge >= 0.3 is 5.97 Å². The highest BCUT2D eigenvalue weighted by Crippen LogP contribution is 2.40. The van der Waals surface area contributed by atoms with Crippen molar-refractivity contribution in [3.8, 4) is 32.3 Å². The monoisotopic (exact) mass is 986 g/mol. The molecule has 0 saturated carbocycles. The number of carbonyl (C=O) groups excluding carboxylic acids is 4. The Morgan fingerprint density at radius 3 is 2.26 bits per heavy atom. The highest BCUT2D eigenvalue weighted by atomic mass is 32.1. The number of thiazole rings is 1. The number of methoxy groups -OCH3 is 1. The minimum absolute atomic E-state index is 0.00514. The highest BCUT2D eigenvalue weighted by molar-refractivity contribution is 7.15. The molecule has 16 nitrogen and oxygen atoms in total. The summed E-state index contributed by atoms with van der Waals surface area (Å²) in [4.78, 5) is 67.3. The predicted molar refractivity (Wildman–Crippen MR) is 268 cm³/mol. The lowest BCUT2D eigenvalue weighted by Crippen LogP contribution is -2.58. The van der Waals surface area contributed by atoms with Gasteiger partial charge in [-0.25, -0.2) is 4.98 Å². The molecule has 366 valence electrons. The van der Waals surface area contributed by atoms with Crippen molar-refractivity contribution in [2.24, 2.45) is 10.4 Å². The van der Waals surface area contributed by atoms with Gasteiger partial charge in [-0.15, -0.1) is 32.9 Å². The number of β-amino-alcohol motifs (C(OH)–C–C–N with tert-alkyl or cyclic N) is 1. The van der Waals surface area contributed by atoms with Gasteiger partial charge in [0.25, 0.3) is 5.91 Å². The van der Waals surface area contributed by atoms with Crippen molar-refractivity contribution < 1.29 is 38.9 Å². The van der Waals surface area contributed by atoms with E-state index in [0.29, 0.717) is 23.0 Å². The molecule has 0 aliphatic carbocycles. The first-order valence-corrected chi connectivity index (χ1v) is 24.8. The lowest BCUT2D eigenvalue weighted by atomic mass is 9.85. The summed E-state index contributed by atoms with van der Waals surface area (Å²) in [6, 6.07) is 18.1. The minimum Gasteiger partial charge on any atom is -0.483 e. The average molecular weight is 987 g/mol. The van der Waals surface area contributed by atoms with Gasteiger partial charge in [0.05, 0.1) is 54.1 Å². The maximum atomic E-state index is 14.3. The Hall–Kier alpha value is -6.60. The topological polar surface area (TPSA) is 210 Å². The SMILES string of the molecule is COC(=O)C[C@@H]1N=C(c2ccc(-c3ccc(OCC(=O)NC(C(=O)N4C[C@H](O)C[C@H]4C(=O)N[C@@H](C)c4ccc(-c5scnc5C)cc4)C(C)(C)C)c(CO)c3)cc2)c2c(sc(C)c2C)-n2c(C)nnc21. The van der Waals surface area contributed by atoms with E-state index in [1.54, 1.807) is 34.8 Å². The summed E-state index contributed by atoms with van der Waals surface area (Å²) < 4.78 is 13.0. The van der Waals surface area contributed by atoms with E-state index < -0.39 is 59.9 Å². The number of thiophene rings is 1. The Bertz CT molecular complexity index is 2970. The van der Waals surface area contributed by atoms with Crippen LogP contribution in [0.2, 0.25) is 0 Å².